The fourth-order valence-corrected chi connectivity index (χ4v) is 4.53. The van der Waals surface area contributed by atoms with Gasteiger partial charge in [-0.3, -0.25) is 0 Å². The van der Waals surface area contributed by atoms with Crippen LogP contribution in [-0.2, 0) is 14.8 Å². The summed E-state index contributed by atoms with van der Waals surface area (Å²) in [5.41, 5.74) is 0.0590. The van der Waals surface area contributed by atoms with Gasteiger partial charge in [0.25, 0.3) is 0 Å². The van der Waals surface area contributed by atoms with Gasteiger partial charge in [-0.25, -0.2) is 8.42 Å². The molecule has 0 aromatic heterocycles. The van der Waals surface area contributed by atoms with E-state index >= 15 is 0 Å². The van der Waals surface area contributed by atoms with Crippen LogP contribution >= 0.6 is 0 Å². The number of hydrogen-bond acceptors (Lipinski definition) is 5. The van der Waals surface area contributed by atoms with Gasteiger partial charge in [-0.15, -0.1) is 0 Å². The first-order chi connectivity index (χ1) is 11.0. The molecule has 2 aliphatic rings. The van der Waals surface area contributed by atoms with Gasteiger partial charge >= 0.3 is 0 Å². The maximum Gasteiger partial charge on any atom is 0.243 e. The van der Waals surface area contributed by atoms with E-state index in [-0.39, 0.29) is 0 Å². The molecule has 2 heterocycles. The molecule has 3 rings (SSSR count). The Morgan fingerprint density at radius 3 is 2.35 bits per heavy atom. The van der Waals surface area contributed by atoms with Crippen LogP contribution in [0.2, 0.25) is 0 Å². The van der Waals surface area contributed by atoms with Crippen LogP contribution in [0.15, 0.2) is 29.2 Å². The predicted molar refractivity (Wildman–Crippen MR) is 87.9 cm³/mol. The minimum Gasteiger partial charge on any atom is -0.388 e. The highest BCUT2D eigenvalue weighted by atomic mass is 32.2. The summed E-state index contributed by atoms with van der Waals surface area (Å²) in [7, 11) is -3.36. The van der Waals surface area contributed by atoms with Crippen molar-refractivity contribution in [3.63, 3.8) is 0 Å². The Morgan fingerprint density at radius 1 is 1.13 bits per heavy atom. The molecule has 128 valence electrons. The zero-order valence-corrected chi connectivity index (χ0v) is 14.0. The van der Waals surface area contributed by atoms with Gasteiger partial charge in [0.15, 0.2) is 0 Å². The molecular weight excluding hydrogens is 316 g/mol. The van der Waals surface area contributed by atoms with Gasteiger partial charge in [0, 0.05) is 51.4 Å². The number of rotatable bonds is 5. The third-order valence-electron chi connectivity index (χ3n) is 4.60. The summed E-state index contributed by atoms with van der Waals surface area (Å²) in [6, 6.07) is 6.77. The predicted octanol–water partition coefficient (Wildman–Crippen LogP) is 1.42. The number of sulfonamides is 1. The second-order valence-corrected chi connectivity index (χ2v) is 8.26. The Morgan fingerprint density at radius 2 is 1.74 bits per heavy atom. The molecule has 0 spiro atoms. The third kappa shape index (κ3) is 3.85. The van der Waals surface area contributed by atoms with Crippen molar-refractivity contribution in [3.8, 4) is 0 Å². The largest absolute Gasteiger partial charge is 0.388 e. The lowest BCUT2D eigenvalue weighted by Crippen LogP contribution is -2.42. The van der Waals surface area contributed by atoms with E-state index in [1.165, 1.54) is 0 Å². The number of hydrogen-bond donors (Lipinski definition) is 2. The molecule has 0 radical (unpaired) electrons. The SMILES string of the molecule is O=S(=O)(c1ccc(NCC2(O)CCOCC2)cc1)N1CCCC1. The number of ether oxygens (including phenoxy) is 1. The van der Waals surface area contributed by atoms with Crippen LogP contribution in [0.3, 0.4) is 0 Å². The van der Waals surface area contributed by atoms with Crippen molar-refractivity contribution < 1.29 is 18.3 Å². The van der Waals surface area contributed by atoms with Crippen LogP contribution in [-0.4, -0.2) is 56.3 Å². The topological polar surface area (TPSA) is 78.9 Å². The molecule has 1 aromatic rings. The minimum absolute atomic E-state index is 0.328. The zero-order chi connectivity index (χ0) is 16.3. The van der Waals surface area contributed by atoms with Gasteiger partial charge in [0.05, 0.1) is 10.5 Å². The molecule has 7 heteroatoms. The minimum atomic E-state index is -3.36. The van der Waals surface area contributed by atoms with Gasteiger partial charge in [-0.05, 0) is 37.1 Å². The Hall–Kier alpha value is -1.15. The number of anilines is 1. The lowest BCUT2D eigenvalue weighted by atomic mass is 9.94. The van der Waals surface area contributed by atoms with Gasteiger partial charge in [-0.2, -0.15) is 4.31 Å². The molecule has 6 nitrogen and oxygen atoms in total. The highest BCUT2D eigenvalue weighted by Gasteiger charge is 2.30. The molecule has 2 N–H and O–H groups in total. The van der Waals surface area contributed by atoms with Crippen molar-refractivity contribution >= 4 is 15.7 Å². The van der Waals surface area contributed by atoms with Gasteiger partial charge in [-0.1, -0.05) is 0 Å². The van der Waals surface area contributed by atoms with Crippen LogP contribution in [0.25, 0.3) is 0 Å². The van der Waals surface area contributed by atoms with E-state index < -0.39 is 15.6 Å². The van der Waals surface area contributed by atoms with Crippen LogP contribution in [0.4, 0.5) is 5.69 Å². The van der Waals surface area contributed by atoms with Crippen LogP contribution in [0.1, 0.15) is 25.7 Å². The van der Waals surface area contributed by atoms with E-state index in [1.54, 1.807) is 28.6 Å². The van der Waals surface area contributed by atoms with Crippen molar-refractivity contribution in [2.45, 2.75) is 36.2 Å². The molecule has 0 amide bonds. The lowest BCUT2D eigenvalue weighted by molar-refractivity contribution is -0.0543. The molecule has 2 fully saturated rings. The lowest BCUT2D eigenvalue weighted by Gasteiger charge is -2.32. The van der Waals surface area contributed by atoms with E-state index in [0.717, 1.165) is 18.5 Å². The molecule has 0 aliphatic carbocycles. The molecule has 0 saturated carbocycles. The summed E-state index contributed by atoms with van der Waals surface area (Å²) in [6.07, 6.45) is 3.09. The Labute approximate surface area is 137 Å². The summed E-state index contributed by atoms with van der Waals surface area (Å²) < 4.78 is 31.7. The molecule has 0 bridgehead atoms. The summed E-state index contributed by atoms with van der Waals surface area (Å²) in [5.74, 6) is 0. The Kier molecular flexibility index (Phi) is 4.91. The molecule has 0 unspecified atom stereocenters. The average Bonchev–Trinajstić information content (AvgIpc) is 3.09. The van der Waals surface area contributed by atoms with Crippen molar-refractivity contribution in [1.82, 2.24) is 4.31 Å². The number of nitrogens with one attached hydrogen (secondary N) is 1. The summed E-state index contributed by atoms with van der Waals surface area (Å²) in [6.45, 7) is 2.81. The van der Waals surface area contributed by atoms with Crippen molar-refractivity contribution in [3.05, 3.63) is 24.3 Å². The van der Waals surface area contributed by atoms with Gasteiger partial charge in [0.1, 0.15) is 0 Å². The van der Waals surface area contributed by atoms with E-state index in [1.807, 2.05) is 0 Å². The Balaban J connectivity index is 1.63. The molecular formula is C16H24N2O4S. The van der Waals surface area contributed by atoms with Crippen LogP contribution in [0, 0.1) is 0 Å². The second-order valence-electron chi connectivity index (χ2n) is 6.33. The molecule has 2 saturated heterocycles. The highest BCUT2D eigenvalue weighted by Crippen LogP contribution is 2.24. The van der Waals surface area contributed by atoms with Crippen molar-refractivity contribution in [1.29, 1.82) is 0 Å². The third-order valence-corrected chi connectivity index (χ3v) is 6.52. The molecule has 0 atom stereocenters. The average molecular weight is 340 g/mol. The second kappa shape index (κ2) is 6.76. The Bertz CT molecular complexity index is 618. The summed E-state index contributed by atoms with van der Waals surface area (Å²) >= 11 is 0. The fraction of sp³-hybridized carbons (Fsp3) is 0.625. The monoisotopic (exact) mass is 340 g/mol. The molecule has 1 aromatic carbocycles. The molecule has 2 aliphatic heterocycles. The first-order valence-corrected chi connectivity index (χ1v) is 9.58. The van der Waals surface area contributed by atoms with E-state index in [4.69, 9.17) is 4.74 Å². The van der Waals surface area contributed by atoms with E-state index in [0.29, 0.717) is 50.6 Å². The summed E-state index contributed by atoms with van der Waals surface area (Å²) in [4.78, 5) is 0.328. The van der Waals surface area contributed by atoms with Crippen molar-refractivity contribution in [2.24, 2.45) is 0 Å². The molecule has 23 heavy (non-hydrogen) atoms. The fourth-order valence-electron chi connectivity index (χ4n) is 3.02. The van der Waals surface area contributed by atoms with Crippen molar-refractivity contribution in [2.75, 3.05) is 38.2 Å². The quantitative estimate of drug-likeness (QED) is 0.848. The summed E-state index contributed by atoms with van der Waals surface area (Å²) in [5, 5.41) is 13.6. The smallest absolute Gasteiger partial charge is 0.243 e. The standard InChI is InChI=1S/C16H24N2O4S/c19-16(7-11-22-12-8-16)13-17-14-3-5-15(6-4-14)23(20,21)18-9-1-2-10-18/h3-6,17,19H,1-2,7-13H2. The maximum absolute atomic E-state index is 12.5. The first kappa shape index (κ1) is 16.7. The van der Waals surface area contributed by atoms with E-state index in [9.17, 15) is 13.5 Å². The van der Waals surface area contributed by atoms with Gasteiger partial charge < -0.3 is 15.2 Å². The first-order valence-electron chi connectivity index (χ1n) is 8.14. The number of nitrogens with zero attached hydrogens (tertiary/aromatic N) is 1. The number of benzene rings is 1. The van der Waals surface area contributed by atoms with Crippen LogP contribution in [0.5, 0.6) is 0 Å². The highest BCUT2D eigenvalue weighted by molar-refractivity contribution is 7.89. The number of aliphatic hydroxyl groups is 1. The zero-order valence-electron chi connectivity index (χ0n) is 13.2. The van der Waals surface area contributed by atoms with Crippen LogP contribution < -0.4 is 5.32 Å². The van der Waals surface area contributed by atoms with Gasteiger partial charge in [0.2, 0.25) is 10.0 Å². The maximum atomic E-state index is 12.5. The normalized spacial score (nSPS) is 22.1. The van der Waals surface area contributed by atoms with E-state index in [2.05, 4.69) is 5.32 Å².